The molecule has 0 aliphatic heterocycles. The molecule has 1 aromatic carbocycles. The molecule has 0 spiro atoms. The van der Waals surface area contributed by atoms with Crippen LogP contribution in [0.25, 0.3) is 11.1 Å². The molecule has 0 radical (unpaired) electrons. The summed E-state index contributed by atoms with van der Waals surface area (Å²) in [7, 11) is 0. The molecule has 80 valence electrons. The van der Waals surface area contributed by atoms with Crippen LogP contribution in [0.3, 0.4) is 0 Å². The molecule has 3 nitrogen and oxygen atoms in total. The first kappa shape index (κ1) is 10.6. The summed E-state index contributed by atoms with van der Waals surface area (Å²) in [6, 6.07) is 10.4. The van der Waals surface area contributed by atoms with E-state index in [0.29, 0.717) is 10.6 Å². The van der Waals surface area contributed by atoms with Gasteiger partial charge in [-0.15, -0.1) is 0 Å². The standard InChI is InChI=1S/C12H8ClNO2/c13-9-5-3-8(4-6-9)10-2-1-7-14-11(10)12(15)16/h1-7H,(H,15,16). The van der Waals surface area contributed by atoms with Crippen LogP contribution in [-0.4, -0.2) is 16.1 Å². The van der Waals surface area contributed by atoms with Crippen molar-refractivity contribution in [1.82, 2.24) is 4.98 Å². The zero-order chi connectivity index (χ0) is 11.5. The second-order valence-electron chi connectivity index (χ2n) is 3.21. The molecular weight excluding hydrogens is 226 g/mol. The second kappa shape index (κ2) is 4.33. The van der Waals surface area contributed by atoms with E-state index in [9.17, 15) is 4.79 Å². The summed E-state index contributed by atoms with van der Waals surface area (Å²) in [6.45, 7) is 0. The number of rotatable bonds is 2. The molecule has 1 N–H and O–H groups in total. The van der Waals surface area contributed by atoms with E-state index >= 15 is 0 Å². The second-order valence-corrected chi connectivity index (χ2v) is 3.65. The van der Waals surface area contributed by atoms with Crippen molar-refractivity contribution >= 4 is 17.6 Å². The Morgan fingerprint density at radius 1 is 1.19 bits per heavy atom. The first-order valence-electron chi connectivity index (χ1n) is 4.63. The molecule has 0 fully saturated rings. The third kappa shape index (κ3) is 2.04. The van der Waals surface area contributed by atoms with Gasteiger partial charge in [-0.3, -0.25) is 0 Å². The van der Waals surface area contributed by atoms with Gasteiger partial charge in [0.15, 0.2) is 5.69 Å². The van der Waals surface area contributed by atoms with Crippen molar-refractivity contribution < 1.29 is 9.90 Å². The fraction of sp³-hybridized carbons (Fsp3) is 0. The SMILES string of the molecule is O=C(O)c1ncccc1-c1ccc(Cl)cc1. The Morgan fingerprint density at radius 3 is 2.50 bits per heavy atom. The van der Waals surface area contributed by atoms with Crippen LogP contribution in [0.5, 0.6) is 0 Å². The number of aromatic carboxylic acids is 1. The number of hydrogen-bond acceptors (Lipinski definition) is 2. The minimum absolute atomic E-state index is 0.0461. The van der Waals surface area contributed by atoms with Crippen molar-refractivity contribution in [1.29, 1.82) is 0 Å². The predicted octanol–water partition coefficient (Wildman–Crippen LogP) is 3.10. The maximum Gasteiger partial charge on any atom is 0.355 e. The highest BCUT2D eigenvalue weighted by atomic mass is 35.5. The third-order valence-electron chi connectivity index (χ3n) is 2.17. The molecule has 0 saturated carbocycles. The van der Waals surface area contributed by atoms with Gasteiger partial charge in [0, 0.05) is 16.8 Å². The van der Waals surface area contributed by atoms with Gasteiger partial charge >= 0.3 is 5.97 Å². The monoisotopic (exact) mass is 233 g/mol. The van der Waals surface area contributed by atoms with Gasteiger partial charge in [0.2, 0.25) is 0 Å². The van der Waals surface area contributed by atoms with Gasteiger partial charge in [0.05, 0.1) is 0 Å². The number of aromatic nitrogens is 1. The van der Waals surface area contributed by atoms with E-state index in [2.05, 4.69) is 4.98 Å². The first-order chi connectivity index (χ1) is 7.68. The summed E-state index contributed by atoms with van der Waals surface area (Å²) in [6.07, 6.45) is 1.46. The average Bonchev–Trinajstić information content (AvgIpc) is 2.30. The first-order valence-corrected chi connectivity index (χ1v) is 5.00. The summed E-state index contributed by atoms with van der Waals surface area (Å²) in [5.74, 6) is -1.04. The molecular formula is C12H8ClNO2. The van der Waals surface area contributed by atoms with Crippen LogP contribution >= 0.6 is 11.6 Å². The number of nitrogens with zero attached hydrogens (tertiary/aromatic N) is 1. The number of halogens is 1. The molecule has 16 heavy (non-hydrogen) atoms. The van der Waals surface area contributed by atoms with Crippen LogP contribution < -0.4 is 0 Å². The van der Waals surface area contributed by atoms with E-state index in [-0.39, 0.29) is 5.69 Å². The number of carbonyl (C=O) groups is 1. The minimum Gasteiger partial charge on any atom is -0.476 e. The van der Waals surface area contributed by atoms with E-state index in [4.69, 9.17) is 16.7 Å². The molecule has 1 heterocycles. The number of benzene rings is 1. The van der Waals surface area contributed by atoms with Gasteiger partial charge in [-0.1, -0.05) is 29.8 Å². The highest BCUT2D eigenvalue weighted by Crippen LogP contribution is 2.23. The normalized spacial score (nSPS) is 10.1. The Bertz CT molecular complexity index is 523. The molecule has 0 bridgehead atoms. The summed E-state index contributed by atoms with van der Waals surface area (Å²) >= 11 is 5.77. The number of carboxylic acid groups (broad SMARTS) is 1. The number of carboxylic acids is 1. The Morgan fingerprint density at radius 2 is 1.88 bits per heavy atom. The molecule has 2 aromatic rings. The fourth-order valence-electron chi connectivity index (χ4n) is 1.44. The molecule has 4 heteroatoms. The highest BCUT2D eigenvalue weighted by Gasteiger charge is 2.11. The maximum atomic E-state index is 11.0. The van der Waals surface area contributed by atoms with Crippen molar-refractivity contribution in [2.45, 2.75) is 0 Å². The largest absolute Gasteiger partial charge is 0.476 e. The van der Waals surface area contributed by atoms with E-state index < -0.39 is 5.97 Å². The fourth-order valence-corrected chi connectivity index (χ4v) is 1.56. The van der Waals surface area contributed by atoms with Crippen molar-refractivity contribution in [3.8, 4) is 11.1 Å². The van der Waals surface area contributed by atoms with Crippen LogP contribution in [0.4, 0.5) is 0 Å². The molecule has 0 unspecified atom stereocenters. The summed E-state index contributed by atoms with van der Waals surface area (Å²) in [4.78, 5) is 14.8. The van der Waals surface area contributed by atoms with Gasteiger partial charge in [-0.05, 0) is 23.8 Å². The van der Waals surface area contributed by atoms with E-state index in [1.165, 1.54) is 6.20 Å². The van der Waals surface area contributed by atoms with E-state index in [1.807, 2.05) is 0 Å². The Kier molecular flexibility index (Phi) is 2.88. The molecule has 0 amide bonds. The summed E-state index contributed by atoms with van der Waals surface area (Å²) in [5.41, 5.74) is 1.42. The molecule has 0 aliphatic carbocycles. The van der Waals surface area contributed by atoms with E-state index in [0.717, 1.165) is 5.56 Å². The number of pyridine rings is 1. The zero-order valence-corrected chi connectivity index (χ0v) is 8.98. The van der Waals surface area contributed by atoms with Gasteiger partial charge in [0.1, 0.15) is 0 Å². The van der Waals surface area contributed by atoms with Gasteiger partial charge in [-0.25, -0.2) is 9.78 Å². The van der Waals surface area contributed by atoms with Gasteiger partial charge in [-0.2, -0.15) is 0 Å². The molecule has 2 rings (SSSR count). The van der Waals surface area contributed by atoms with Crippen LogP contribution in [0.15, 0.2) is 42.6 Å². The lowest BCUT2D eigenvalue weighted by Gasteiger charge is -2.04. The van der Waals surface area contributed by atoms with Crippen molar-refractivity contribution in [3.63, 3.8) is 0 Å². The van der Waals surface area contributed by atoms with Crippen molar-refractivity contribution in [2.75, 3.05) is 0 Å². The van der Waals surface area contributed by atoms with Crippen LogP contribution in [0.2, 0.25) is 5.02 Å². The quantitative estimate of drug-likeness (QED) is 0.867. The predicted molar refractivity (Wildman–Crippen MR) is 61.6 cm³/mol. The molecule has 0 atom stereocenters. The lowest BCUT2D eigenvalue weighted by Crippen LogP contribution is -2.02. The lowest BCUT2D eigenvalue weighted by molar-refractivity contribution is 0.0691. The van der Waals surface area contributed by atoms with Crippen LogP contribution in [0.1, 0.15) is 10.5 Å². The minimum atomic E-state index is -1.04. The maximum absolute atomic E-state index is 11.0. The third-order valence-corrected chi connectivity index (χ3v) is 2.42. The molecule has 0 aliphatic rings. The Hall–Kier alpha value is -1.87. The summed E-state index contributed by atoms with van der Waals surface area (Å²) < 4.78 is 0. The Balaban J connectivity index is 2.55. The summed E-state index contributed by atoms with van der Waals surface area (Å²) in [5, 5.41) is 9.61. The van der Waals surface area contributed by atoms with Gasteiger partial charge < -0.3 is 5.11 Å². The smallest absolute Gasteiger partial charge is 0.355 e. The van der Waals surface area contributed by atoms with Crippen LogP contribution in [-0.2, 0) is 0 Å². The molecule has 1 aromatic heterocycles. The molecule has 0 saturated heterocycles. The van der Waals surface area contributed by atoms with Crippen LogP contribution in [0, 0.1) is 0 Å². The van der Waals surface area contributed by atoms with Crippen molar-refractivity contribution in [2.24, 2.45) is 0 Å². The van der Waals surface area contributed by atoms with Crippen molar-refractivity contribution in [3.05, 3.63) is 53.3 Å². The van der Waals surface area contributed by atoms with E-state index in [1.54, 1.807) is 36.4 Å². The zero-order valence-electron chi connectivity index (χ0n) is 8.22. The topological polar surface area (TPSA) is 50.2 Å². The van der Waals surface area contributed by atoms with Gasteiger partial charge in [0.25, 0.3) is 0 Å². The highest BCUT2D eigenvalue weighted by molar-refractivity contribution is 6.30. The average molecular weight is 234 g/mol. The lowest BCUT2D eigenvalue weighted by atomic mass is 10.0. The number of hydrogen-bond donors (Lipinski definition) is 1. The Labute approximate surface area is 97.3 Å².